The summed E-state index contributed by atoms with van der Waals surface area (Å²) in [4.78, 5) is 12.9. The quantitative estimate of drug-likeness (QED) is 0.233. The number of nitrogens with zero attached hydrogens (tertiary/aromatic N) is 5. The van der Waals surface area contributed by atoms with Crippen molar-refractivity contribution in [3.8, 4) is 23.2 Å². The number of halogens is 6. The van der Waals surface area contributed by atoms with E-state index in [0.29, 0.717) is 26.1 Å². The van der Waals surface area contributed by atoms with Gasteiger partial charge in [0.2, 0.25) is 0 Å². The van der Waals surface area contributed by atoms with Crippen molar-refractivity contribution >= 4 is 54.7 Å². The van der Waals surface area contributed by atoms with Gasteiger partial charge in [0.05, 0.1) is 39.1 Å². The highest BCUT2D eigenvalue weighted by Crippen LogP contribution is 2.51. The number of ether oxygens (including phenoxy) is 2. The average molecular weight is 677 g/mol. The first-order chi connectivity index (χ1) is 22.0. The Labute approximate surface area is 268 Å². The molecule has 2 unspecified atom stereocenters. The number of nitrogen functional groups attached to an aromatic ring is 1. The van der Waals surface area contributed by atoms with Gasteiger partial charge in [-0.3, -0.25) is 4.90 Å². The van der Waals surface area contributed by atoms with Gasteiger partial charge < -0.3 is 20.1 Å². The third-order valence-corrected chi connectivity index (χ3v) is 11.0. The van der Waals surface area contributed by atoms with Crippen LogP contribution in [-0.2, 0) is 10.9 Å². The maximum Gasteiger partial charge on any atom is 0.419 e. The first kappa shape index (κ1) is 29.9. The molecule has 5 aliphatic rings. The third kappa shape index (κ3) is 4.57. The summed E-state index contributed by atoms with van der Waals surface area (Å²) in [6.45, 7) is 1.83. The minimum Gasteiger partial charge on any atom is -0.461 e. The van der Waals surface area contributed by atoms with E-state index < -0.39 is 40.3 Å². The maximum atomic E-state index is 15.3. The molecule has 0 radical (unpaired) electrons. The molecule has 240 valence electrons. The van der Waals surface area contributed by atoms with Crippen LogP contribution in [-0.4, -0.2) is 71.6 Å². The minimum absolute atomic E-state index is 0.0207. The molecule has 0 saturated carbocycles. The van der Waals surface area contributed by atoms with Crippen molar-refractivity contribution in [2.24, 2.45) is 0 Å². The molecule has 4 aromatic rings. The maximum absolute atomic E-state index is 15.3. The van der Waals surface area contributed by atoms with Gasteiger partial charge in [-0.1, -0.05) is 17.7 Å². The molecular weight excluding hydrogens is 651 g/mol. The van der Waals surface area contributed by atoms with Gasteiger partial charge in [-0.25, -0.2) is 8.78 Å². The van der Waals surface area contributed by atoms with Crippen LogP contribution in [0.4, 0.5) is 32.8 Å². The minimum atomic E-state index is -5.00. The predicted molar refractivity (Wildman–Crippen MR) is 163 cm³/mol. The lowest BCUT2D eigenvalue weighted by atomic mass is 9.92. The van der Waals surface area contributed by atoms with Gasteiger partial charge >= 0.3 is 12.2 Å². The zero-order chi connectivity index (χ0) is 32.1. The summed E-state index contributed by atoms with van der Waals surface area (Å²) < 4.78 is 87.1. The van der Waals surface area contributed by atoms with Crippen LogP contribution in [0, 0.1) is 17.1 Å². The number of alkyl halides is 4. The van der Waals surface area contributed by atoms with Crippen molar-refractivity contribution in [2.75, 3.05) is 43.4 Å². The number of rotatable bonds is 5. The predicted octanol–water partition coefficient (Wildman–Crippen LogP) is 6.71. The summed E-state index contributed by atoms with van der Waals surface area (Å²) in [7, 11) is 0. The van der Waals surface area contributed by atoms with Crippen molar-refractivity contribution in [3.05, 3.63) is 40.2 Å². The molecule has 15 heteroatoms. The highest BCUT2D eigenvalue weighted by atomic mass is 35.5. The Morgan fingerprint density at radius 3 is 2.70 bits per heavy atom. The Hall–Kier alpha value is -3.51. The molecule has 46 heavy (non-hydrogen) atoms. The Morgan fingerprint density at radius 1 is 1.22 bits per heavy atom. The molecule has 4 atom stereocenters. The summed E-state index contributed by atoms with van der Waals surface area (Å²) in [5.41, 5.74) is 3.09. The second kappa shape index (κ2) is 10.5. The molecule has 5 aliphatic heterocycles. The van der Waals surface area contributed by atoms with Gasteiger partial charge in [0.1, 0.15) is 35.5 Å². The number of benzene rings is 2. The van der Waals surface area contributed by atoms with Crippen molar-refractivity contribution in [1.29, 1.82) is 5.26 Å². The second-order valence-corrected chi connectivity index (χ2v) is 13.9. The fourth-order valence-electron chi connectivity index (χ4n) is 7.73. The summed E-state index contributed by atoms with van der Waals surface area (Å²) >= 11 is 7.50. The van der Waals surface area contributed by atoms with Gasteiger partial charge in [-0.2, -0.15) is 28.4 Å². The van der Waals surface area contributed by atoms with E-state index in [0.717, 1.165) is 30.2 Å². The van der Waals surface area contributed by atoms with Crippen LogP contribution in [0.5, 0.6) is 6.01 Å². The number of hydrogen-bond donors (Lipinski definition) is 1. The van der Waals surface area contributed by atoms with Gasteiger partial charge in [-0.05, 0) is 37.1 Å². The zero-order valence-electron chi connectivity index (χ0n) is 24.1. The molecule has 7 heterocycles. The van der Waals surface area contributed by atoms with E-state index in [-0.39, 0.29) is 80.2 Å². The monoisotopic (exact) mass is 676 g/mol. The number of fused-ring (bicyclic) bond motifs is 5. The Balaban J connectivity index is 1.35. The number of nitrogens with two attached hydrogens (primary N) is 1. The van der Waals surface area contributed by atoms with Crippen LogP contribution in [0.3, 0.4) is 0 Å². The van der Waals surface area contributed by atoms with Crippen LogP contribution < -0.4 is 15.4 Å². The third-order valence-electron chi connectivity index (χ3n) is 9.67. The number of hydrogen-bond acceptors (Lipinski definition) is 9. The molecule has 0 spiro atoms. The van der Waals surface area contributed by atoms with Gasteiger partial charge in [0, 0.05) is 53.8 Å². The van der Waals surface area contributed by atoms with Gasteiger partial charge in [0.15, 0.2) is 0 Å². The van der Waals surface area contributed by atoms with Gasteiger partial charge in [0.25, 0.3) is 0 Å². The van der Waals surface area contributed by atoms with Crippen molar-refractivity contribution in [2.45, 2.75) is 55.8 Å². The number of morpholine rings is 1. The lowest BCUT2D eigenvalue weighted by Crippen LogP contribution is -2.57. The topological polar surface area (TPSA) is 101 Å². The largest absolute Gasteiger partial charge is 0.461 e. The van der Waals surface area contributed by atoms with E-state index in [2.05, 4.69) is 9.97 Å². The molecule has 2 aromatic carbocycles. The van der Waals surface area contributed by atoms with Crippen molar-refractivity contribution in [3.63, 3.8) is 0 Å². The Morgan fingerprint density at radius 2 is 1.98 bits per heavy atom. The number of nitriles is 1. The van der Waals surface area contributed by atoms with E-state index in [4.69, 9.17) is 26.8 Å². The van der Waals surface area contributed by atoms with Crippen LogP contribution in [0.2, 0.25) is 5.02 Å². The van der Waals surface area contributed by atoms with Crippen molar-refractivity contribution < 1.29 is 31.4 Å². The molecule has 2 aromatic heterocycles. The molecule has 2 N–H and O–H groups in total. The number of anilines is 2. The molecule has 0 aliphatic carbocycles. The lowest BCUT2D eigenvalue weighted by molar-refractivity contribution is -0.136. The molecular formula is C31H26ClF5N6O2S. The zero-order valence-corrected chi connectivity index (χ0v) is 25.7. The second-order valence-electron chi connectivity index (χ2n) is 12.5. The highest BCUT2D eigenvalue weighted by Gasteiger charge is 2.50. The fourth-order valence-corrected chi connectivity index (χ4v) is 8.98. The van der Waals surface area contributed by atoms with Gasteiger partial charge in [-0.15, -0.1) is 11.3 Å². The van der Waals surface area contributed by atoms with Crippen molar-refractivity contribution in [1.82, 2.24) is 14.9 Å². The van der Waals surface area contributed by atoms with Crippen LogP contribution in [0.15, 0.2) is 18.2 Å². The number of thiophene rings is 1. The molecule has 2 bridgehead atoms. The van der Waals surface area contributed by atoms with E-state index in [9.17, 15) is 14.0 Å². The van der Waals surface area contributed by atoms with Crippen LogP contribution in [0.25, 0.3) is 32.1 Å². The molecule has 0 amide bonds. The van der Waals surface area contributed by atoms with E-state index >= 15 is 13.2 Å². The summed E-state index contributed by atoms with van der Waals surface area (Å²) in [5.74, 6) is -0.509. The molecule has 5 fully saturated rings. The number of piperidine rings is 1. The van der Waals surface area contributed by atoms with E-state index in [1.807, 2.05) is 15.9 Å². The normalized spacial score (nSPS) is 26.0. The molecule has 9 rings (SSSR count). The SMILES string of the molecule is N#Cc1c(N)sc2c(F)ccc(-c3c(Cl)cc4c(N5CC6CC(C5)O6)nc(OC[C@@]56CCCN5C[C@H](F)C6)nc4c3C(F)(F)F)c12. The first-order valence-electron chi connectivity index (χ1n) is 14.9. The number of aromatic nitrogens is 2. The smallest absolute Gasteiger partial charge is 0.419 e. The van der Waals surface area contributed by atoms with Crippen LogP contribution in [0.1, 0.15) is 36.8 Å². The fraction of sp³-hybridized carbons (Fsp3) is 0.452. The van der Waals surface area contributed by atoms with Crippen LogP contribution >= 0.6 is 22.9 Å². The van der Waals surface area contributed by atoms with E-state index in [1.165, 1.54) is 12.1 Å². The lowest BCUT2D eigenvalue weighted by Gasteiger charge is -2.47. The Bertz CT molecular complexity index is 1950. The Kier molecular flexibility index (Phi) is 6.82. The molecule has 5 saturated heterocycles. The highest BCUT2D eigenvalue weighted by molar-refractivity contribution is 7.23. The summed E-state index contributed by atoms with van der Waals surface area (Å²) in [5, 5.41) is 9.53. The molecule has 8 nitrogen and oxygen atoms in total. The first-order valence-corrected chi connectivity index (χ1v) is 16.1. The summed E-state index contributed by atoms with van der Waals surface area (Å²) in [6, 6.07) is 5.21. The average Bonchev–Trinajstić information content (AvgIpc) is 3.64. The van der Waals surface area contributed by atoms with E-state index in [1.54, 1.807) is 0 Å². The standard InChI is InChI=1S/C31H26ClF5N6O2S/c32-20-7-18-25(24(31(35,36)37)23(20)17-2-3-21(34)26-22(17)19(9-38)27(39)46-26)40-29(41-28(18)42-11-15-6-16(12-42)45-15)44-13-30-4-1-5-43(30)10-14(33)8-30/h2-3,7,14-16H,1,4-6,8,10-13,39H2/t14-,15?,16?,30+/m1/s1. The summed E-state index contributed by atoms with van der Waals surface area (Å²) in [6.07, 6.45) is -3.53.